The molecule has 3 N–H and O–H groups in total. The first kappa shape index (κ1) is 18.9. The van der Waals surface area contributed by atoms with Crippen molar-refractivity contribution in [3.63, 3.8) is 0 Å². The van der Waals surface area contributed by atoms with E-state index in [0.717, 1.165) is 44.1 Å². The Bertz CT molecular complexity index is 643. The fourth-order valence-electron chi connectivity index (χ4n) is 5.54. The van der Waals surface area contributed by atoms with E-state index in [0.29, 0.717) is 31.6 Å². The monoisotopic (exact) mass is 374 g/mol. The Hall–Kier alpha value is -1.46. The number of amides is 1. The van der Waals surface area contributed by atoms with Crippen molar-refractivity contribution in [2.24, 2.45) is 23.5 Å². The van der Waals surface area contributed by atoms with Crippen molar-refractivity contribution in [3.8, 4) is 0 Å². The van der Waals surface area contributed by atoms with Crippen LogP contribution in [0.3, 0.4) is 0 Å². The highest BCUT2D eigenvalue weighted by molar-refractivity contribution is 5.79. The Morgan fingerprint density at radius 1 is 1.15 bits per heavy atom. The van der Waals surface area contributed by atoms with Gasteiger partial charge in [-0.15, -0.1) is 0 Å². The highest BCUT2D eigenvalue weighted by Crippen LogP contribution is 2.42. The summed E-state index contributed by atoms with van der Waals surface area (Å²) in [4.78, 5) is 13.0. The van der Waals surface area contributed by atoms with Crippen LogP contribution in [-0.4, -0.2) is 31.7 Å². The normalized spacial score (nSPS) is 32.7. The van der Waals surface area contributed by atoms with Crippen molar-refractivity contribution >= 4 is 5.91 Å². The zero-order valence-electron chi connectivity index (χ0n) is 16.0. The van der Waals surface area contributed by atoms with Gasteiger partial charge in [0.1, 0.15) is 5.82 Å². The zero-order valence-corrected chi connectivity index (χ0v) is 16.0. The van der Waals surface area contributed by atoms with E-state index >= 15 is 0 Å². The zero-order chi connectivity index (χ0) is 18.9. The molecule has 148 valence electrons. The van der Waals surface area contributed by atoms with Crippen LogP contribution in [0.5, 0.6) is 0 Å². The largest absolute Gasteiger partial charge is 0.381 e. The smallest absolute Gasteiger partial charge is 0.223 e. The van der Waals surface area contributed by atoms with Crippen LogP contribution in [0.1, 0.15) is 50.5 Å². The second kappa shape index (κ2) is 7.88. The number of carbonyl (C=O) groups excluding carboxylic acids is 1. The lowest BCUT2D eigenvalue weighted by molar-refractivity contribution is -0.128. The fourth-order valence-corrected chi connectivity index (χ4v) is 5.54. The topological polar surface area (TPSA) is 64.4 Å². The molecule has 2 bridgehead atoms. The third kappa shape index (κ3) is 3.90. The molecular formula is C22H31FN2O2. The average Bonchev–Trinajstić information content (AvgIpc) is 2.67. The van der Waals surface area contributed by atoms with E-state index in [2.05, 4.69) is 5.32 Å². The Labute approximate surface area is 161 Å². The molecular weight excluding hydrogens is 343 g/mol. The Kier molecular flexibility index (Phi) is 5.51. The van der Waals surface area contributed by atoms with Crippen molar-refractivity contribution in [1.29, 1.82) is 0 Å². The van der Waals surface area contributed by atoms with Gasteiger partial charge < -0.3 is 15.8 Å². The van der Waals surface area contributed by atoms with Crippen molar-refractivity contribution in [2.75, 3.05) is 19.8 Å². The quantitative estimate of drug-likeness (QED) is 0.851. The van der Waals surface area contributed by atoms with Gasteiger partial charge in [0.15, 0.2) is 0 Å². The first-order valence-corrected chi connectivity index (χ1v) is 10.4. The molecule has 1 amide bonds. The molecule has 1 aromatic rings. The van der Waals surface area contributed by atoms with Gasteiger partial charge in [-0.25, -0.2) is 4.39 Å². The van der Waals surface area contributed by atoms with Crippen LogP contribution in [0, 0.1) is 23.6 Å². The Morgan fingerprint density at radius 3 is 2.41 bits per heavy atom. The van der Waals surface area contributed by atoms with Gasteiger partial charge in [-0.3, -0.25) is 4.79 Å². The van der Waals surface area contributed by atoms with Crippen LogP contribution in [-0.2, 0) is 14.9 Å². The molecule has 0 aromatic heterocycles. The highest BCUT2D eigenvalue weighted by Gasteiger charge is 2.41. The number of nitrogens with one attached hydrogen (secondary N) is 1. The number of hydrogen-bond acceptors (Lipinski definition) is 3. The summed E-state index contributed by atoms with van der Waals surface area (Å²) >= 11 is 0. The second-order valence-corrected chi connectivity index (χ2v) is 8.81. The summed E-state index contributed by atoms with van der Waals surface area (Å²) in [7, 11) is 0. The molecule has 1 aliphatic heterocycles. The SMILES string of the molecule is NC1C2CCCC1CC(C(=O)NCC1(c3ccc(F)cc3)CCOCC1)C2. The van der Waals surface area contributed by atoms with Crippen molar-refractivity contribution in [2.45, 2.75) is 56.4 Å². The maximum atomic E-state index is 13.4. The van der Waals surface area contributed by atoms with Gasteiger partial charge in [-0.2, -0.15) is 0 Å². The Morgan fingerprint density at radius 2 is 1.78 bits per heavy atom. The molecule has 27 heavy (non-hydrogen) atoms. The molecule has 3 fully saturated rings. The minimum Gasteiger partial charge on any atom is -0.381 e. The van der Waals surface area contributed by atoms with Crippen LogP contribution >= 0.6 is 0 Å². The summed E-state index contributed by atoms with van der Waals surface area (Å²) in [5, 5.41) is 3.25. The lowest BCUT2D eigenvalue weighted by Gasteiger charge is -2.44. The molecule has 0 radical (unpaired) electrons. The fraction of sp³-hybridized carbons (Fsp3) is 0.682. The molecule has 2 atom stereocenters. The highest BCUT2D eigenvalue weighted by atomic mass is 19.1. The number of hydrogen-bond donors (Lipinski definition) is 2. The van der Waals surface area contributed by atoms with Crippen LogP contribution in [0.25, 0.3) is 0 Å². The predicted octanol–water partition coefficient (Wildman–Crippen LogP) is 3.14. The maximum absolute atomic E-state index is 13.4. The maximum Gasteiger partial charge on any atom is 0.223 e. The van der Waals surface area contributed by atoms with Gasteiger partial charge in [-0.05, 0) is 68.1 Å². The van der Waals surface area contributed by atoms with Gasteiger partial charge in [0.05, 0.1) is 0 Å². The first-order valence-electron chi connectivity index (χ1n) is 10.4. The number of rotatable bonds is 4. The second-order valence-electron chi connectivity index (χ2n) is 8.81. The number of fused-ring (bicyclic) bond motifs is 2. The molecule has 2 aliphatic carbocycles. The van der Waals surface area contributed by atoms with Crippen LogP contribution < -0.4 is 11.1 Å². The third-order valence-corrected chi connectivity index (χ3v) is 7.29. The Balaban J connectivity index is 1.43. The number of halogens is 1. The molecule has 5 heteroatoms. The lowest BCUT2D eigenvalue weighted by Crippen LogP contribution is -2.51. The van der Waals surface area contributed by atoms with Gasteiger partial charge in [0.25, 0.3) is 0 Å². The molecule has 1 aromatic carbocycles. The van der Waals surface area contributed by atoms with E-state index < -0.39 is 0 Å². The van der Waals surface area contributed by atoms with Crippen molar-refractivity contribution in [3.05, 3.63) is 35.6 Å². The molecule has 2 unspecified atom stereocenters. The number of nitrogens with two attached hydrogens (primary N) is 1. The van der Waals surface area contributed by atoms with Crippen LogP contribution in [0.15, 0.2) is 24.3 Å². The minimum absolute atomic E-state index is 0.0882. The summed E-state index contributed by atoms with van der Waals surface area (Å²) < 4.78 is 18.9. The van der Waals surface area contributed by atoms with Crippen LogP contribution in [0.4, 0.5) is 4.39 Å². The standard InChI is InChI=1S/C22H31FN2O2/c23-19-6-4-18(5-7-19)22(8-10-27-11-9-22)14-25-21(26)17-12-15-2-1-3-16(13-17)20(15)24/h4-7,15-17,20H,1-3,8-14,24H2,(H,25,26). The summed E-state index contributed by atoms with van der Waals surface area (Å²) in [6.07, 6.45) is 7.13. The summed E-state index contributed by atoms with van der Waals surface area (Å²) in [6, 6.07) is 7.02. The first-order chi connectivity index (χ1) is 13.1. The lowest BCUT2D eigenvalue weighted by atomic mass is 9.65. The molecule has 2 saturated carbocycles. The summed E-state index contributed by atoms with van der Waals surface area (Å²) in [5.41, 5.74) is 7.30. The van der Waals surface area contributed by atoms with Crippen molar-refractivity contribution in [1.82, 2.24) is 5.32 Å². The summed E-state index contributed by atoms with van der Waals surface area (Å²) in [5.74, 6) is 1.04. The number of carbonyl (C=O) groups is 1. The van der Waals surface area contributed by atoms with Gasteiger partial charge >= 0.3 is 0 Å². The number of ether oxygens (including phenoxy) is 1. The van der Waals surface area contributed by atoms with E-state index in [1.807, 2.05) is 12.1 Å². The molecule has 1 saturated heterocycles. The van der Waals surface area contributed by atoms with E-state index in [1.54, 1.807) is 0 Å². The molecule has 3 aliphatic rings. The molecule has 1 heterocycles. The summed E-state index contributed by atoms with van der Waals surface area (Å²) in [6.45, 7) is 1.95. The van der Waals surface area contributed by atoms with Gasteiger partial charge in [0.2, 0.25) is 5.91 Å². The number of benzene rings is 1. The van der Waals surface area contributed by atoms with Gasteiger partial charge in [0, 0.05) is 37.1 Å². The van der Waals surface area contributed by atoms with E-state index in [9.17, 15) is 9.18 Å². The van der Waals surface area contributed by atoms with Gasteiger partial charge in [-0.1, -0.05) is 18.6 Å². The van der Waals surface area contributed by atoms with E-state index in [4.69, 9.17) is 10.5 Å². The van der Waals surface area contributed by atoms with Crippen molar-refractivity contribution < 1.29 is 13.9 Å². The predicted molar refractivity (Wildman–Crippen MR) is 103 cm³/mol. The molecule has 0 spiro atoms. The minimum atomic E-state index is -0.227. The average molecular weight is 375 g/mol. The van der Waals surface area contributed by atoms with Crippen LogP contribution in [0.2, 0.25) is 0 Å². The molecule has 4 rings (SSSR count). The van der Waals surface area contributed by atoms with E-state index in [-0.39, 0.29) is 29.1 Å². The third-order valence-electron chi connectivity index (χ3n) is 7.29. The van der Waals surface area contributed by atoms with E-state index in [1.165, 1.54) is 18.6 Å². The molecule has 4 nitrogen and oxygen atoms in total.